The number of rotatable bonds is 5. The van der Waals surface area contributed by atoms with Crippen molar-refractivity contribution in [2.75, 3.05) is 19.7 Å². The molecule has 2 heterocycles. The van der Waals surface area contributed by atoms with E-state index in [4.69, 9.17) is 0 Å². The summed E-state index contributed by atoms with van der Waals surface area (Å²) in [4.78, 5) is 19.6. The number of amides is 1. The summed E-state index contributed by atoms with van der Waals surface area (Å²) in [6.07, 6.45) is 0.885. The van der Waals surface area contributed by atoms with Gasteiger partial charge in [-0.3, -0.25) is 9.69 Å². The van der Waals surface area contributed by atoms with Crippen LogP contribution in [-0.4, -0.2) is 46.6 Å². The van der Waals surface area contributed by atoms with Crippen LogP contribution in [0.5, 0.6) is 0 Å². The van der Waals surface area contributed by atoms with Gasteiger partial charge >= 0.3 is 0 Å². The number of benzene rings is 1. The van der Waals surface area contributed by atoms with Gasteiger partial charge in [0.25, 0.3) is 5.91 Å². The molecule has 2 atom stereocenters. The monoisotopic (exact) mass is 345 g/mol. The fourth-order valence-corrected chi connectivity index (χ4v) is 3.89. The first-order valence-corrected chi connectivity index (χ1v) is 9.13. The first-order chi connectivity index (χ1) is 11.7. The Hall–Kier alpha value is -1.76. The summed E-state index contributed by atoms with van der Waals surface area (Å²) < 4.78 is 0. The van der Waals surface area contributed by atoms with Crippen molar-refractivity contribution in [3.05, 3.63) is 52.0 Å². The number of aromatic nitrogens is 1. The lowest BCUT2D eigenvalue weighted by Gasteiger charge is -2.38. The maximum atomic E-state index is 12.5. The Morgan fingerprint density at radius 3 is 2.88 bits per heavy atom. The molecule has 0 aliphatic carbocycles. The summed E-state index contributed by atoms with van der Waals surface area (Å²) in [6, 6.07) is 10.3. The SMILES string of the molecule is Cc1ncsc1C(=O)NC1CN(Cc2ccccc2)CCC1CO. The third-order valence-corrected chi connectivity index (χ3v) is 5.52. The topological polar surface area (TPSA) is 65.5 Å². The maximum absolute atomic E-state index is 12.5. The van der Waals surface area contributed by atoms with E-state index >= 15 is 0 Å². The molecule has 2 aromatic rings. The molecule has 0 saturated carbocycles. The third kappa shape index (κ3) is 4.01. The van der Waals surface area contributed by atoms with Crippen molar-refractivity contribution in [3.63, 3.8) is 0 Å². The summed E-state index contributed by atoms with van der Waals surface area (Å²) in [7, 11) is 0. The molecule has 1 aliphatic rings. The summed E-state index contributed by atoms with van der Waals surface area (Å²) >= 11 is 1.36. The van der Waals surface area contributed by atoms with Gasteiger partial charge in [-0.2, -0.15) is 0 Å². The highest BCUT2D eigenvalue weighted by Gasteiger charge is 2.30. The molecule has 2 N–H and O–H groups in total. The van der Waals surface area contributed by atoms with Crippen molar-refractivity contribution < 1.29 is 9.90 Å². The first kappa shape index (κ1) is 17.1. The molecule has 5 nitrogen and oxygen atoms in total. The number of aliphatic hydroxyl groups excluding tert-OH is 1. The number of nitrogens with one attached hydrogen (secondary N) is 1. The van der Waals surface area contributed by atoms with E-state index in [2.05, 4.69) is 27.3 Å². The van der Waals surface area contributed by atoms with Crippen LogP contribution in [0, 0.1) is 12.8 Å². The number of aliphatic hydroxyl groups is 1. The zero-order valence-electron chi connectivity index (χ0n) is 13.8. The van der Waals surface area contributed by atoms with Gasteiger partial charge in [0.2, 0.25) is 0 Å². The van der Waals surface area contributed by atoms with E-state index in [0.717, 1.165) is 31.7 Å². The van der Waals surface area contributed by atoms with E-state index in [-0.39, 0.29) is 24.5 Å². The fourth-order valence-electron chi connectivity index (χ4n) is 3.19. The Kier molecular flexibility index (Phi) is 5.60. The highest BCUT2D eigenvalue weighted by molar-refractivity contribution is 7.11. The normalized spacial score (nSPS) is 21.6. The van der Waals surface area contributed by atoms with Crippen LogP contribution in [-0.2, 0) is 6.54 Å². The molecule has 1 amide bonds. The molecule has 1 fully saturated rings. The van der Waals surface area contributed by atoms with Gasteiger partial charge in [0.15, 0.2) is 0 Å². The average molecular weight is 345 g/mol. The predicted molar refractivity (Wildman–Crippen MR) is 95.0 cm³/mol. The van der Waals surface area contributed by atoms with Gasteiger partial charge in [-0.15, -0.1) is 11.3 Å². The van der Waals surface area contributed by atoms with Gasteiger partial charge in [-0.05, 0) is 25.5 Å². The second-order valence-electron chi connectivity index (χ2n) is 6.30. The van der Waals surface area contributed by atoms with E-state index in [9.17, 15) is 9.90 Å². The standard InChI is InChI=1S/C18H23N3O2S/c1-13-17(24-12-19-13)18(23)20-16-10-21(8-7-15(16)11-22)9-14-5-3-2-4-6-14/h2-6,12,15-16,22H,7-11H2,1H3,(H,20,23). The Morgan fingerprint density at radius 2 is 2.21 bits per heavy atom. The highest BCUT2D eigenvalue weighted by atomic mass is 32.1. The molecule has 1 aromatic carbocycles. The average Bonchev–Trinajstić information content (AvgIpc) is 3.02. The molecule has 1 aliphatic heterocycles. The Balaban J connectivity index is 1.65. The molecular weight excluding hydrogens is 322 g/mol. The molecule has 6 heteroatoms. The van der Waals surface area contributed by atoms with Crippen LogP contribution in [0.1, 0.15) is 27.3 Å². The summed E-state index contributed by atoms with van der Waals surface area (Å²) in [5, 5.41) is 12.8. The molecule has 0 bridgehead atoms. The van der Waals surface area contributed by atoms with Gasteiger partial charge in [0.1, 0.15) is 4.88 Å². The van der Waals surface area contributed by atoms with Crippen LogP contribution in [0.25, 0.3) is 0 Å². The van der Waals surface area contributed by atoms with Gasteiger partial charge in [0.05, 0.1) is 11.2 Å². The highest BCUT2D eigenvalue weighted by Crippen LogP contribution is 2.21. The van der Waals surface area contributed by atoms with Gasteiger partial charge in [-0.1, -0.05) is 30.3 Å². The van der Waals surface area contributed by atoms with E-state index < -0.39 is 0 Å². The molecule has 1 saturated heterocycles. The minimum atomic E-state index is -0.0833. The number of carbonyl (C=O) groups excluding carboxylic acids is 1. The number of hydrogen-bond acceptors (Lipinski definition) is 5. The quantitative estimate of drug-likeness (QED) is 0.871. The fraction of sp³-hybridized carbons (Fsp3) is 0.444. The first-order valence-electron chi connectivity index (χ1n) is 8.25. The van der Waals surface area contributed by atoms with Crippen molar-refractivity contribution >= 4 is 17.2 Å². The molecule has 24 heavy (non-hydrogen) atoms. The number of carbonyl (C=O) groups is 1. The molecular formula is C18H23N3O2S. The van der Waals surface area contributed by atoms with Crippen molar-refractivity contribution in [3.8, 4) is 0 Å². The molecule has 1 aromatic heterocycles. The van der Waals surface area contributed by atoms with Crippen LogP contribution in [0.3, 0.4) is 0 Å². The maximum Gasteiger partial charge on any atom is 0.263 e. The molecule has 0 radical (unpaired) electrons. The van der Waals surface area contributed by atoms with Crippen LogP contribution < -0.4 is 5.32 Å². The number of nitrogens with zero attached hydrogens (tertiary/aromatic N) is 2. The minimum Gasteiger partial charge on any atom is -0.396 e. The third-order valence-electron chi connectivity index (χ3n) is 4.59. The summed E-state index contributed by atoms with van der Waals surface area (Å²) in [5.41, 5.74) is 3.72. The lowest BCUT2D eigenvalue weighted by atomic mass is 9.92. The van der Waals surface area contributed by atoms with E-state index in [1.807, 2.05) is 25.1 Å². The van der Waals surface area contributed by atoms with E-state index in [1.165, 1.54) is 16.9 Å². The van der Waals surface area contributed by atoms with E-state index in [1.54, 1.807) is 5.51 Å². The van der Waals surface area contributed by atoms with Gasteiger partial charge in [-0.25, -0.2) is 4.98 Å². The van der Waals surface area contributed by atoms with Crippen molar-refractivity contribution in [1.82, 2.24) is 15.2 Å². The molecule has 3 rings (SSSR count). The lowest BCUT2D eigenvalue weighted by molar-refractivity contribution is 0.0733. The van der Waals surface area contributed by atoms with Crippen LogP contribution in [0.15, 0.2) is 35.8 Å². The minimum absolute atomic E-state index is 0.0403. The number of piperidine rings is 1. The molecule has 0 spiro atoms. The second-order valence-corrected chi connectivity index (χ2v) is 7.15. The van der Waals surface area contributed by atoms with Gasteiger partial charge in [0, 0.05) is 31.7 Å². The second kappa shape index (κ2) is 7.88. The zero-order chi connectivity index (χ0) is 16.9. The van der Waals surface area contributed by atoms with Crippen LogP contribution in [0.4, 0.5) is 0 Å². The molecule has 128 valence electrons. The zero-order valence-corrected chi connectivity index (χ0v) is 14.6. The Labute approximate surface area is 146 Å². The predicted octanol–water partition coefficient (Wildman–Crippen LogP) is 2.06. The van der Waals surface area contributed by atoms with Crippen molar-refractivity contribution in [2.24, 2.45) is 5.92 Å². The van der Waals surface area contributed by atoms with Crippen molar-refractivity contribution in [2.45, 2.75) is 25.9 Å². The van der Waals surface area contributed by atoms with Crippen LogP contribution >= 0.6 is 11.3 Å². The van der Waals surface area contributed by atoms with Crippen LogP contribution in [0.2, 0.25) is 0 Å². The smallest absolute Gasteiger partial charge is 0.263 e. The van der Waals surface area contributed by atoms with E-state index in [0.29, 0.717) is 4.88 Å². The number of likely N-dealkylation sites (tertiary alicyclic amines) is 1. The van der Waals surface area contributed by atoms with Gasteiger partial charge < -0.3 is 10.4 Å². The summed E-state index contributed by atoms with van der Waals surface area (Å²) in [6.45, 7) is 4.50. The number of thiazole rings is 1. The Morgan fingerprint density at radius 1 is 1.42 bits per heavy atom. The lowest BCUT2D eigenvalue weighted by Crippen LogP contribution is -2.53. The Bertz CT molecular complexity index is 674. The number of aryl methyl sites for hydroxylation is 1. The summed E-state index contributed by atoms with van der Waals surface area (Å²) in [5.74, 6) is 0.0224. The molecule has 2 unspecified atom stereocenters. The largest absolute Gasteiger partial charge is 0.396 e. The number of hydrogen-bond donors (Lipinski definition) is 2. The van der Waals surface area contributed by atoms with Crippen molar-refractivity contribution in [1.29, 1.82) is 0 Å².